The van der Waals surface area contributed by atoms with Crippen LogP contribution in [0.4, 0.5) is 0 Å². The highest BCUT2D eigenvalue weighted by molar-refractivity contribution is 14.0. The quantitative estimate of drug-likeness (QED) is 0.316. The third-order valence-corrected chi connectivity index (χ3v) is 6.06. The van der Waals surface area contributed by atoms with Gasteiger partial charge in [0.2, 0.25) is 0 Å². The fourth-order valence-electron chi connectivity index (χ4n) is 3.37. The lowest BCUT2D eigenvalue weighted by atomic mass is 10.2. The molecule has 2 aromatic rings. The Morgan fingerprint density at radius 1 is 1.32 bits per heavy atom. The molecule has 0 saturated carbocycles. The first-order valence-electron chi connectivity index (χ1n) is 9.90. The highest BCUT2D eigenvalue weighted by Crippen LogP contribution is 2.25. The molecule has 3 heterocycles. The minimum atomic E-state index is 0. The number of likely N-dealkylation sites (tertiary alicyclic amines) is 1. The van der Waals surface area contributed by atoms with Crippen molar-refractivity contribution < 1.29 is 4.42 Å². The fraction of sp³-hybridized carbons (Fsp3) is 0.600. The molecular formula is C20H32IN5OS. The van der Waals surface area contributed by atoms with Crippen LogP contribution in [-0.2, 0) is 6.42 Å². The van der Waals surface area contributed by atoms with E-state index in [2.05, 4.69) is 47.4 Å². The summed E-state index contributed by atoms with van der Waals surface area (Å²) in [5.41, 5.74) is 1.14. The Morgan fingerprint density at radius 2 is 2.11 bits per heavy atom. The average Bonchev–Trinajstić information content (AvgIpc) is 3.40. The van der Waals surface area contributed by atoms with Crippen LogP contribution in [0.15, 0.2) is 27.8 Å². The number of aromatic nitrogens is 1. The van der Waals surface area contributed by atoms with Gasteiger partial charge in [-0.3, -0.25) is 9.89 Å². The Labute approximate surface area is 189 Å². The smallest absolute Gasteiger partial charge is 0.191 e. The molecule has 0 radical (unpaired) electrons. The molecule has 0 aromatic carbocycles. The van der Waals surface area contributed by atoms with Gasteiger partial charge in [0.1, 0.15) is 5.76 Å². The van der Waals surface area contributed by atoms with Crippen molar-refractivity contribution in [3.63, 3.8) is 0 Å². The molecule has 0 aliphatic carbocycles. The van der Waals surface area contributed by atoms with Gasteiger partial charge in [-0.1, -0.05) is 0 Å². The van der Waals surface area contributed by atoms with Gasteiger partial charge in [0, 0.05) is 24.4 Å². The van der Waals surface area contributed by atoms with Gasteiger partial charge >= 0.3 is 0 Å². The van der Waals surface area contributed by atoms with Gasteiger partial charge < -0.3 is 15.1 Å². The van der Waals surface area contributed by atoms with Crippen LogP contribution in [0.2, 0.25) is 0 Å². The molecule has 2 N–H and O–H groups in total. The summed E-state index contributed by atoms with van der Waals surface area (Å²) in [5.74, 6) is 1.86. The van der Waals surface area contributed by atoms with Crippen molar-refractivity contribution in [2.45, 2.75) is 46.1 Å². The number of rotatable bonds is 8. The number of guanidine groups is 1. The minimum absolute atomic E-state index is 0. The van der Waals surface area contributed by atoms with Gasteiger partial charge in [-0.15, -0.1) is 35.3 Å². The van der Waals surface area contributed by atoms with Crippen molar-refractivity contribution >= 4 is 41.3 Å². The van der Waals surface area contributed by atoms with E-state index in [1.807, 2.05) is 6.07 Å². The molecule has 0 spiro atoms. The summed E-state index contributed by atoms with van der Waals surface area (Å²) in [6.07, 6.45) is 5.18. The molecule has 1 aliphatic heterocycles. The van der Waals surface area contributed by atoms with Crippen molar-refractivity contribution in [3.05, 3.63) is 39.7 Å². The van der Waals surface area contributed by atoms with E-state index in [-0.39, 0.29) is 30.0 Å². The number of aliphatic imine (C=N–C) groups is 1. The molecule has 0 amide bonds. The van der Waals surface area contributed by atoms with E-state index in [0.29, 0.717) is 6.54 Å². The third-order valence-electron chi connectivity index (χ3n) is 4.92. The topological polar surface area (TPSA) is 65.7 Å². The molecule has 0 bridgehead atoms. The van der Waals surface area contributed by atoms with Gasteiger partial charge in [-0.2, -0.15) is 0 Å². The zero-order valence-electron chi connectivity index (χ0n) is 17.0. The van der Waals surface area contributed by atoms with Crippen molar-refractivity contribution in [3.8, 4) is 0 Å². The summed E-state index contributed by atoms with van der Waals surface area (Å²) in [7, 11) is 0. The predicted molar refractivity (Wildman–Crippen MR) is 127 cm³/mol. The second-order valence-electron chi connectivity index (χ2n) is 6.92. The summed E-state index contributed by atoms with van der Waals surface area (Å²) >= 11 is 1.78. The standard InChI is InChI=1S/C20H31N5OS.HI/c1-4-21-20(22-10-9-19-24-15(2)16(3)27-19)23-14-17(18-8-7-13-26-18)25-11-5-6-12-25;/h7-8,13,17H,4-6,9-12,14H2,1-3H3,(H2,21,22,23);1H. The molecule has 1 unspecified atom stereocenters. The van der Waals surface area contributed by atoms with Crippen molar-refractivity contribution in [1.29, 1.82) is 0 Å². The van der Waals surface area contributed by atoms with E-state index < -0.39 is 0 Å². The molecule has 2 aromatic heterocycles. The lowest BCUT2D eigenvalue weighted by Crippen LogP contribution is -2.39. The Bertz CT molecular complexity index is 706. The molecule has 6 nitrogen and oxygen atoms in total. The number of hydrogen-bond donors (Lipinski definition) is 2. The van der Waals surface area contributed by atoms with Gasteiger partial charge in [-0.05, 0) is 58.8 Å². The SMILES string of the molecule is CCNC(=NCC(c1ccco1)N1CCCC1)NCCc1nc(C)c(C)s1.I. The zero-order valence-corrected chi connectivity index (χ0v) is 20.2. The number of thiazole rings is 1. The fourth-order valence-corrected chi connectivity index (χ4v) is 4.31. The van der Waals surface area contributed by atoms with Crippen LogP contribution in [-0.4, -0.2) is 48.6 Å². The second-order valence-corrected chi connectivity index (χ2v) is 8.21. The molecule has 3 rings (SSSR count). The summed E-state index contributed by atoms with van der Waals surface area (Å²) in [6.45, 7) is 10.9. The maximum Gasteiger partial charge on any atom is 0.191 e. The highest BCUT2D eigenvalue weighted by atomic mass is 127. The molecule has 1 fully saturated rings. The molecule has 1 aliphatic rings. The zero-order chi connectivity index (χ0) is 19.1. The molecule has 1 atom stereocenters. The summed E-state index contributed by atoms with van der Waals surface area (Å²) in [5, 5.41) is 7.97. The first-order chi connectivity index (χ1) is 13.2. The maximum absolute atomic E-state index is 5.69. The minimum Gasteiger partial charge on any atom is -0.468 e. The van der Waals surface area contributed by atoms with E-state index in [9.17, 15) is 0 Å². The van der Waals surface area contributed by atoms with Gasteiger partial charge in [-0.25, -0.2) is 4.98 Å². The van der Waals surface area contributed by atoms with Crippen LogP contribution in [0.1, 0.15) is 47.1 Å². The first kappa shape index (κ1) is 23.2. The lowest BCUT2D eigenvalue weighted by molar-refractivity contribution is 0.221. The Morgan fingerprint density at radius 3 is 2.71 bits per heavy atom. The van der Waals surface area contributed by atoms with E-state index in [4.69, 9.17) is 9.41 Å². The van der Waals surface area contributed by atoms with Crippen molar-refractivity contribution in [1.82, 2.24) is 20.5 Å². The number of furan rings is 1. The predicted octanol–water partition coefficient (Wildman–Crippen LogP) is 3.91. The number of halogens is 1. The van der Waals surface area contributed by atoms with Crippen LogP contribution >= 0.6 is 35.3 Å². The number of nitrogens with zero attached hydrogens (tertiary/aromatic N) is 3. The first-order valence-corrected chi connectivity index (χ1v) is 10.7. The normalized spacial score (nSPS) is 16.0. The lowest BCUT2D eigenvalue weighted by Gasteiger charge is -2.24. The van der Waals surface area contributed by atoms with Gasteiger partial charge in [0.25, 0.3) is 0 Å². The summed E-state index contributed by atoms with van der Waals surface area (Å²) < 4.78 is 5.69. The molecular weight excluding hydrogens is 485 g/mol. The van der Waals surface area contributed by atoms with Crippen LogP contribution in [0.25, 0.3) is 0 Å². The van der Waals surface area contributed by atoms with E-state index in [1.54, 1.807) is 17.6 Å². The molecule has 28 heavy (non-hydrogen) atoms. The third kappa shape index (κ3) is 6.45. The monoisotopic (exact) mass is 517 g/mol. The maximum atomic E-state index is 5.69. The van der Waals surface area contributed by atoms with Crippen LogP contribution in [0.5, 0.6) is 0 Å². The van der Waals surface area contributed by atoms with Crippen LogP contribution < -0.4 is 10.6 Å². The Hall–Kier alpha value is -1.13. The number of hydrogen-bond acceptors (Lipinski definition) is 5. The van der Waals surface area contributed by atoms with Crippen molar-refractivity contribution in [2.24, 2.45) is 4.99 Å². The van der Waals surface area contributed by atoms with Gasteiger partial charge in [0.15, 0.2) is 5.96 Å². The number of nitrogens with one attached hydrogen (secondary N) is 2. The number of aryl methyl sites for hydroxylation is 2. The van der Waals surface area contributed by atoms with E-state index >= 15 is 0 Å². The van der Waals surface area contributed by atoms with Gasteiger partial charge in [0.05, 0.1) is 29.6 Å². The average molecular weight is 517 g/mol. The molecule has 156 valence electrons. The largest absolute Gasteiger partial charge is 0.468 e. The van der Waals surface area contributed by atoms with E-state index in [0.717, 1.165) is 50.0 Å². The molecule has 8 heteroatoms. The van der Waals surface area contributed by atoms with Crippen LogP contribution in [0, 0.1) is 13.8 Å². The Balaban J connectivity index is 0.00000280. The van der Waals surface area contributed by atoms with E-state index in [1.165, 1.54) is 22.7 Å². The summed E-state index contributed by atoms with van der Waals surface area (Å²) in [6, 6.07) is 4.23. The van der Waals surface area contributed by atoms with Crippen molar-refractivity contribution in [2.75, 3.05) is 32.7 Å². The second kappa shape index (κ2) is 11.8. The highest BCUT2D eigenvalue weighted by Gasteiger charge is 2.25. The van der Waals surface area contributed by atoms with Crippen LogP contribution in [0.3, 0.4) is 0 Å². The summed E-state index contributed by atoms with van der Waals surface area (Å²) in [4.78, 5) is 13.2. The Kier molecular flexibility index (Phi) is 9.73. The molecule has 1 saturated heterocycles.